The highest BCUT2D eigenvalue weighted by atomic mass is 19.4. The largest absolute Gasteiger partial charge is 0.416 e. The summed E-state index contributed by atoms with van der Waals surface area (Å²) < 4.78 is 66.9. The Hall–Kier alpha value is -3.23. The number of carbonyl (C=O) groups excluding carboxylic acids is 1. The van der Waals surface area contributed by atoms with Gasteiger partial charge in [0.1, 0.15) is 23.0 Å². The van der Waals surface area contributed by atoms with Gasteiger partial charge in [0.25, 0.3) is 5.91 Å². The number of alkyl halides is 3. The summed E-state index contributed by atoms with van der Waals surface area (Å²) >= 11 is 0. The zero-order chi connectivity index (χ0) is 18.9. The van der Waals surface area contributed by atoms with Crippen LogP contribution < -0.4 is 5.32 Å². The molecule has 0 radical (unpaired) electrons. The molecule has 4 nitrogen and oxygen atoms in total. The summed E-state index contributed by atoms with van der Waals surface area (Å²) in [5.41, 5.74) is -2.06. The van der Waals surface area contributed by atoms with E-state index in [4.69, 9.17) is 0 Å². The first-order valence-corrected chi connectivity index (χ1v) is 7.24. The molecule has 0 aliphatic rings. The topological polar surface area (TPSA) is 46.9 Å². The lowest BCUT2D eigenvalue weighted by molar-refractivity contribution is -0.138. The van der Waals surface area contributed by atoms with Crippen LogP contribution in [0, 0.1) is 11.6 Å². The van der Waals surface area contributed by atoms with Gasteiger partial charge in [0.15, 0.2) is 0 Å². The maximum atomic E-state index is 13.9. The van der Waals surface area contributed by atoms with Gasteiger partial charge in [-0.15, -0.1) is 0 Å². The van der Waals surface area contributed by atoms with Gasteiger partial charge in [-0.3, -0.25) is 4.79 Å². The number of nitrogens with zero attached hydrogens (tertiary/aromatic N) is 2. The van der Waals surface area contributed by atoms with Gasteiger partial charge in [-0.25, -0.2) is 13.5 Å². The standard InChI is InChI=1S/C17H10F5N3O/c18-12-8-10(17(20,21)22)9-13(19)15(12)16(26)24-14-6-7-23-25(14)11-4-2-1-3-5-11/h1-9H,(H,24,26). The van der Waals surface area contributed by atoms with Crippen molar-refractivity contribution in [2.24, 2.45) is 0 Å². The highest BCUT2D eigenvalue weighted by molar-refractivity contribution is 6.04. The molecule has 0 aliphatic heterocycles. The van der Waals surface area contributed by atoms with E-state index in [0.29, 0.717) is 5.69 Å². The molecule has 0 unspecified atom stereocenters. The molecular formula is C17H10F5N3O. The van der Waals surface area contributed by atoms with Crippen LogP contribution in [0.15, 0.2) is 54.7 Å². The lowest BCUT2D eigenvalue weighted by Gasteiger charge is -2.12. The Labute approximate surface area is 143 Å². The van der Waals surface area contributed by atoms with Crippen molar-refractivity contribution in [3.8, 4) is 5.69 Å². The van der Waals surface area contributed by atoms with Gasteiger partial charge in [0.2, 0.25) is 0 Å². The molecule has 1 aromatic heterocycles. The average Bonchev–Trinajstić information content (AvgIpc) is 3.02. The fraction of sp³-hybridized carbons (Fsp3) is 0.0588. The highest BCUT2D eigenvalue weighted by Crippen LogP contribution is 2.31. The van der Waals surface area contributed by atoms with E-state index in [0.717, 1.165) is 0 Å². The molecule has 134 valence electrons. The Morgan fingerprint density at radius 1 is 1.00 bits per heavy atom. The molecule has 26 heavy (non-hydrogen) atoms. The van der Waals surface area contributed by atoms with Crippen LogP contribution >= 0.6 is 0 Å². The summed E-state index contributed by atoms with van der Waals surface area (Å²) in [5, 5.41) is 6.24. The number of anilines is 1. The Morgan fingerprint density at radius 3 is 2.19 bits per heavy atom. The number of hydrogen-bond donors (Lipinski definition) is 1. The molecule has 3 aromatic rings. The van der Waals surface area contributed by atoms with E-state index in [1.807, 2.05) is 0 Å². The lowest BCUT2D eigenvalue weighted by atomic mass is 10.1. The predicted molar refractivity (Wildman–Crippen MR) is 82.9 cm³/mol. The second kappa shape index (κ2) is 6.58. The first-order valence-electron chi connectivity index (χ1n) is 7.24. The van der Waals surface area contributed by atoms with E-state index in [1.165, 1.54) is 16.9 Å². The molecule has 3 rings (SSSR count). The molecule has 0 spiro atoms. The van der Waals surface area contributed by atoms with Crippen molar-refractivity contribution >= 4 is 11.7 Å². The SMILES string of the molecule is O=C(Nc1ccnn1-c1ccccc1)c1c(F)cc(C(F)(F)F)cc1F. The average molecular weight is 367 g/mol. The number of benzene rings is 2. The van der Waals surface area contributed by atoms with Gasteiger partial charge in [-0.2, -0.15) is 18.3 Å². The summed E-state index contributed by atoms with van der Waals surface area (Å²) in [4.78, 5) is 12.2. The minimum Gasteiger partial charge on any atom is -0.306 e. The maximum Gasteiger partial charge on any atom is 0.416 e. The quantitative estimate of drug-likeness (QED) is 0.697. The van der Waals surface area contributed by atoms with Crippen molar-refractivity contribution in [3.05, 3.63) is 77.5 Å². The predicted octanol–water partition coefficient (Wildman–Crippen LogP) is 4.42. The summed E-state index contributed by atoms with van der Waals surface area (Å²) in [7, 11) is 0. The van der Waals surface area contributed by atoms with Crippen molar-refractivity contribution in [2.75, 3.05) is 5.32 Å². The van der Waals surface area contributed by atoms with Crippen LogP contribution in [-0.4, -0.2) is 15.7 Å². The number of hydrogen-bond acceptors (Lipinski definition) is 2. The van der Waals surface area contributed by atoms with E-state index in [-0.39, 0.29) is 18.0 Å². The summed E-state index contributed by atoms with van der Waals surface area (Å²) in [6.45, 7) is 0. The fourth-order valence-corrected chi connectivity index (χ4v) is 2.31. The van der Waals surface area contributed by atoms with Crippen LogP contribution in [0.4, 0.5) is 27.8 Å². The van der Waals surface area contributed by atoms with Gasteiger partial charge in [-0.05, 0) is 24.3 Å². The molecule has 0 bridgehead atoms. The zero-order valence-electron chi connectivity index (χ0n) is 12.9. The Kier molecular flexibility index (Phi) is 4.45. The first kappa shape index (κ1) is 17.6. The lowest BCUT2D eigenvalue weighted by Crippen LogP contribution is -2.19. The molecule has 0 atom stereocenters. The van der Waals surface area contributed by atoms with Crippen LogP contribution in [0.5, 0.6) is 0 Å². The molecule has 0 saturated heterocycles. The van der Waals surface area contributed by atoms with Crippen molar-refractivity contribution in [1.82, 2.24) is 9.78 Å². The van der Waals surface area contributed by atoms with Crippen molar-refractivity contribution in [2.45, 2.75) is 6.18 Å². The summed E-state index contributed by atoms with van der Waals surface area (Å²) in [5.74, 6) is -4.35. The number of rotatable bonds is 3. The molecule has 9 heteroatoms. The fourth-order valence-electron chi connectivity index (χ4n) is 2.31. The van der Waals surface area contributed by atoms with Gasteiger partial charge in [-0.1, -0.05) is 18.2 Å². The molecule has 2 aromatic carbocycles. The molecule has 0 saturated carbocycles. The third-order valence-corrected chi connectivity index (χ3v) is 3.48. The first-order chi connectivity index (χ1) is 12.3. The van der Waals surface area contributed by atoms with E-state index in [2.05, 4.69) is 10.4 Å². The van der Waals surface area contributed by atoms with Gasteiger partial charge >= 0.3 is 6.18 Å². The van der Waals surface area contributed by atoms with E-state index < -0.39 is 34.8 Å². The number of nitrogens with one attached hydrogen (secondary N) is 1. The third-order valence-electron chi connectivity index (χ3n) is 3.48. The van der Waals surface area contributed by atoms with Crippen LogP contribution in [0.25, 0.3) is 5.69 Å². The normalized spacial score (nSPS) is 11.4. The summed E-state index contributed by atoms with van der Waals surface area (Å²) in [6, 6.07) is 10.1. The molecule has 1 N–H and O–H groups in total. The molecule has 0 fully saturated rings. The second-order valence-electron chi connectivity index (χ2n) is 5.23. The Morgan fingerprint density at radius 2 is 1.62 bits per heavy atom. The van der Waals surface area contributed by atoms with Gasteiger partial charge in [0, 0.05) is 6.07 Å². The number of carbonyl (C=O) groups is 1. The molecule has 1 amide bonds. The number of para-hydroxylation sites is 1. The number of halogens is 5. The van der Waals surface area contributed by atoms with E-state index in [1.54, 1.807) is 30.3 Å². The molecular weight excluding hydrogens is 357 g/mol. The van der Waals surface area contributed by atoms with Crippen LogP contribution in [0.3, 0.4) is 0 Å². The Bertz CT molecular complexity index is 928. The smallest absolute Gasteiger partial charge is 0.306 e. The number of aromatic nitrogens is 2. The van der Waals surface area contributed by atoms with Crippen LogP contribution in [-0.2, 0) is 6.18 Å². The third kappa shape index (κ3) is 3.41. The molecule has 0 aliphatic carbocycles. The van der Waals surface area contributed by atoms with Crippen LogP contribution in [0.1, 0.15) is 15.9 Å². The zero-order valence-corrected chi connectivity index (χ0v) is 12.9. The van der Waals surface area contributed by atoms with E-state index >= 15 is 0 Å². The van der Waals surface area contributed by atoms with Crippen molar-refractivity contribution in [1.29, 1.82) is 0 Å². The minimum absolute atomic E-state index is 0.0759. The van der Waals surface area contributed by atoms with Gasteiger partial charge in [0.05, 0.1) is 17.4 Å². The number of amides is 1. The van der Waals surface area contributed by atoms with Gasteiger partial charge < -0.3 is 5.32 Å². The highest BCUT2D eigenvalue weighted by Gasteiger charge is 2.33. The monoisotopic (exact) mass is 367 g/mol. The van der Waals surface area contributed by atoms with E-state index in [9.17, 15) is 26.7 Å². The van der Waals surface area contributed by atoms with Crippen molar-refractivity contribution < 1.29 is 26.7 Å². The molecule has 1 heterocycles. The second-order valence-corrected chi connectivity index (χ2v) is 5.23. The maximum absolute atomic E-state index is 13.9. The van der Waals surface area contributed by atoms with Crippen LogP contribution in [0.2, 0.25) is 0 Å². The van der Waals surface area contributed by atoms with Crippen molar-refractivity contribution in [3.63, 3.8) is 0 Å². The summed E-state index contributed by atoms with van der Waals surface area (Å²) in [6.07, 6.45) is -3.58. The Balaban J connectivity index is 1.92. The minimum atomic E-state index is -4.93.